The molecule has 0 atom stereocenters. The van der Waals surface area contributed by atoms with Gasteiger partial charge in [0.1, 0.15) is 0 Å². The largest absolute Gasteiger partial charge is 0.352 e. The summed E-state index contributed by atoms with van der Waals surface area (Å²) < 4.78 is 0. The quantitative estimate of drug-likeness (QED) is 0.857. The van der Waals surface area contributed by atoms with E-state index in [0.29, 0.717) is 11.1 Å². The van der Waals surface area contributed by atoms with Crippen LogP contribution in [0.2, 0.25) is 5.02 Å². The Morgan fingerprint density at radius 2 is 2.22 bits per heavy atom. The number of amides is 2. The summed E-state index contributed by atoms with van der Waals surface area (Å²) in [5, 5.41) is 5.63. The number of hydrogen-bond donors (Lipinski definition) is 2. The van der Waals surface area contributed by atoms with E-state index in [2.05, 4.69) is 15.6 Å². The van der Waals surface area contributed by atoms with E-state index in [-0.39, 0.29) is 18.0 Å². The predicted octanol–water partition coefficient (Wildman–Crippen LogP) is 1.05. The minimum atomic E-state index is -0.390. The maximum absolute atomic E-state index is 11.8. The molecule has 0 bridgehead atoms. The Hall–Kier alpha value is -1.62. The van der Waals surface area contributed by atoms with Crippen molar-refractivity contribution in [3.8, 4) is 0 Å². The number of pyridine rings is 1. The Morgan fingerprint density at radius 3 is 2.83 bits per heavy atom. The lowest BCUT2D eigenvalue weighted by atomic mass is 10.2. The van der Waals surface area contributed by atoms with Crippen molar-refractivity contribution in [3.05, 3.63) is 28.5 Å². The summed E-state index contributed by atoms with van der Waals surface area (Å²) in [6.45, 7) is 1.75. The Labute approximate surface area is 110 Å². The van der Waals surface area contributed by atoms with Crippen molar-refractivity contribution in [2.45, 2.75) is 25.8 Å². The highest BCUT2D eigenvalue weighted by Crippen LogP contribution is 2.18. The third-order valence-corrected chi connectivity index (χ3v) is 2.90. The van der Waals surface area contributed by atoms with Crippen molar-refractivity contribution >= 4 is 23.4 Å². The molecular weight excluding hydrogens is 254 g/mol. The molecule has 6 heteroatoms. The van der Waals surface area contributed by atoms with Gasteiger partial charge in [0, 0.05) is 17.9 Å². The number of carbonyl (C=O) groups is 2. The third-order valence-electron chi connectivity index (χ3n) is 2.59. The number of nitrogens with one attached hydrogen (secondary N) is 2. The first-order chi connectivity index (χ1) is 8.56. The van der Waals surface area contributed by atoms with E-state index in [9.17, 15) is 9.59 Å². The first-order valence-electron chi connectivity index (χ1n) is 5.76. The number of carbonyl (C=O) groups excluding carboxylic acids is 2. The van der Waals surface area contributed by atoms with Crippen LogP contribution in [0.3, 0.4) is 0 Å². The zero-order valence-electron chi connectivity index (χ0n) is 10.00. The molecule has 1 aromatic rings. The van der Waals surface area contributed by atoms with Crippen LogP contribution in [-0.4, -0.2) is 29.4 Å². The SMILES string of the molecule is Cc1cc(Cl)c(C(=O)NCC(=O)NC2CC2)cn1. The lowest BCUT2D eigenvalue weighted by molar-refractivity contribution is -0.120. The van der Waals surface area contributed by atoms with Crippen LogP contribution in [0.5, 0.6) is 0 Å². The summed E-state index contributed by atoms with van der Waals surface area (Å²) in [4.78, 5) is 27.2. The third kappa shape index (κ3) is 3.43. The minimum absolute atomic E-state index is 0.0421. The number of nitrogens with zero attached hydrogens (tertiary/aromatic N) is 1. The Balaban J connectivity index is 1.88. The Bertz CT molecular complexity index is 486. The molecule has 96 valence electrons. The van der Waals surface area contributed by atoms with Crippen molar-refractivity contribution in [1.82, 2.24) is 15.6 Å². The molecule has 0 unspecified atom stereocenters. The molecule has 1 aromatic heterocycles. The van der Waals surface area contributed by atoms with Crippen LogP contribution in [0.4, 0.5) is 0 Å². The molecule has 2 N–H and O–H groups in total. The van der Waals surface area contributed by atoms with E-state index >= 15 is 0 Å². The first-order valence-corrected chi connectivity index (χ1v) is 6.14. The van der Waals surface area contributed by atoms with E-state index in [0.717, 1.165) is 18.5 Å². The van der Waals surface area contributed by atoms with Gasteiger partial charge in [0.05, 0.1) is 17.1 Å². The van der Waals surface area contributed by atoms with Gasteiger partial charge in [-0.15, -0.1) is 0 Å². The molecular formula is C12H14ClN3O2. The van der Waals surface area contributed by atoms with Crippen LogP contribution >= 0.6 is 11.6 Å². The molecule has 2 rings (SSSR count). The summed E-state index contributed by atoms with van der Waals surface area (Å²) in [6.07, 6.45) is 3.45. The van der Waals surface area contributed by atoms with Crippen LogP contribution < -0.4 is 10.6 Å². The smallest absolute Gasteiger partial charge is 0.254 e. The second-order valence-electron chi connectivity index (χ2n) is 4.33. The van der Waals surface area contributed by atoms with Gasteiger partial charge in [0.25, 0.3) is 5.91 Å². The molecule has 0 aromatic carbocycles. The predicted molar refractivity (Wildman–Crippen MR) is 67.5 cm³/mol. The molecule has 1 saturated carbocycles. The second kappa shape index (κ2) is 5.35. The number of aromatic nitrogens is 1. The number of halogens is 1. The highest BCUT2D eigenvalue weighted by molar-refractivity contribution is 6.33. The maximum Gasteiger partial charge on any atom is 0.254 e. The van der Waals surface area contributed by atoms with Gasteiger partial charge in [-0.1, -0.05) is 11.6 Å². The zero-order chi connectivity index (χ0) is 13.1. The van der Waals surface area contributed by atoms with Gasteiger partial charge < -0.3 is 10.6 Å². The van der Waals surface area contributed by atoms with Crippen molar-refractivity contribution in [3.63, 3.8) is 0 Å². The van der Waals surface area contributed by atoms with Crippen LogP contribution in [0, 0.1) is 6.92 Å². The van der Waals surface area contributed by atoms with Crippen LogP contribution in [0.1, 0.15) is 28.9 Å². The highest BCUT2D eigenvalue weighted by atomic mass is 35.5. The fourth-order valence-electron chi connectivity index (χ4n) is 1.46. The molecule has 1 aliphatic rings. The van der Waals surface area contributed by atoms with Gasteiger partial charge in [0.2, 0.25) is 5.91 Å². The average Bonchev–Trinajstić information content (AvgIpc) is 3.10. The second-order valence-corrected chi connectivity index (χ2v) is 4.74. The molecule has 2 amide bonds. The molecule has 0 radical (unpaired) electrons. The van der Waals surface area contributed by atoms with Gasteiger partial charge in [-0.3, -0.25) is 14.6 Å². The standard InChI is InChI=1S/C12H14ClN3O2/c1-7-4-10(13)9(5-14-7)12(18)15-6-11(17)16-8-2-3-8/h4-5,8H,2-3,6H2,1H3,(H,15,18)(H,16,17). The van der Waals surface area contributed by atoms with E-state index in [1.807, 2.05) is 0 Å². The number of hydrogen-bond acceptors (Lipinski definition) is 3. The number of aryl methyl sites for hydroxylation is 1. The average molecular weight is 268 g/mol. The Kier molecular flexibility index (Phi) is 3.81. The monoisotopic (exact) mass is 267 g/mol. The van der Waals surface area contributed by atoms with E-state index in [1.54, 1.807) is 13.0 Å². The summed E-state index contributed by atoms with van der Waals surface area (Å²) >= 11 is 5.93. The van der Waals surface area contributed by atoms with E-state index < -0.39 is 5.91 Å². The molecule has 1 aliphatic carbocycles. The van der Waals surface area contributed by atoms with Gasteiger partial charge in [-0.2, -0.15) is 0 Å². The molecule has 5 nitrogen and oxygen atoms in total. The van der Waals surface area contributed by atoms with Gasteiger partial charge in [0.15, 0.2) is 0 Å². The number of rotatable bonds is 4. The van der Waals surface area contributed by atoms with Crippen molar-refractivity contribution < 1.29 is 9.59 Å². The Morgan fingerprint density at radius 1 is 1.50 bits per heavy atom. The maximum atomic E-state index is 11.8. The minimum Gasteiger partial charge on any atom is -0.352 e. The summed E-state index contributed by atoms with van der Waals surface area (Å²) in [7, 11) is 0. The highest BCUT2D eigenvalue weighted by Gasteiger charge is 2.23. The summed E-state index contributed by atoms with van der Waals surface area (Å²) in [5.41, 5.74) is 1.02. The van der Waals surface area contributed by atoms with Crippen molar-refractivity contribution in [1.29, 1.82) is 0 Å². The molecule has 1 fully saturated rings. The lowest BCUT2D eigenvalue weighted by Crippen LogP contribution is -2.37. The molecule has 1 heterocycles. The molecule has 0 spiro atoms. The molecule has 18 heavy (non-hydrogen) atoms. The summed E-state index contributed by atoms with van der Waals surface area (Å²) in [6, 6.07) is 1.90. The normalized spacial score (nSPS) is 14.1. The van der Waals surface area contributed by atoms with Gasteiger partial charge in [-0.05, 0) is 25.8 Å². The van der Waals surface area contributed by atoms with E-state index in [1.165, 1.54) is 6.20 Å². The zero-order valence-corrected chi connectivity index (χ0v) is 10.8. The van der Waals surface area contributed by atoms with Gasteiger partial charge in [-0.25, -0.2) is 0 Å². The first kappa shape index (κ1) is 12.8. The lowest BCUT2D eigenvalue weighted by Gasteiger charge is -2.07. The summed E-state index contributed by atoms with van der Waals surface area (Å²) in [5.74, 6) is -0.569. The molecule has 0 saturated heterocycles. The topological polar surface area (TPSA) is 71.1 Å². The van der Waals surface area contributed by atoms with Crippen molar-refractivity contribution in [2.75, 3.05) is 6.54 Å². The molecule has 0 aliphatic heterocycles. The van der Waals surface area contributed by atoms with Crippen LogP contribution in [-0.2, 0) is 4.79 Å². The van der Waals surface area contributed by atoms with E-state index in [4.69, 9.17) is 11.6 Å². The van der Waals surface area contributed by atoms with Crippen LogP contribution in [0.25, 0.3) is 0 Å². The van der Waals surface area contributed by atoms with Crippen molar-refractivity contribution in [2.24, 2.45) is 0 Å². The van der Waals surface area contributed by atoms with Crippen LogP contribution in [0.15, 0.2) is 12.3 Å². The fourth-order valence-corrected chi connectivity index (χ4v) is 1.75. The fraction of sp³-hybridized carbons (Fsp3) is 0.417. The van der Waals surface area contributed by atoms with Gasteiger partial charge >= 0.3 is 0 Å².